The average Bonchev–Trinajstić information content (AvgIpc) is 1.95. The summed E-state index contributed by atoms with van der Waals surface area (Å²) in [6.45, 7) is 2.47. The number of nitrogens with two attached hydrogens (primary N) is 1. The number of halogens is 6. The van der Waals surface area contributed by atoms with Gasteiger partial charge < -0.3 is 0 Å². The van der Waals surface area contributed by atoms with Crippen molar-refractivity contribution in [2.24, 2.45) is 11.7 Å². The van der Waals surface area contributed by atoms with Gasteiger partial charge in [-0.3, -0.25) is 11.1 Å². The van der Waals surface area contributed by atoms with Crippen LogP contribution in [0.5, 0.6) is 0 Å². The quantitative estimate of drug-likeness (QED) is 0.583. The summed E-state index contributed by atoms with van der Waals surface area (Å²) >= 11 is 0. The van der Waals surface area contributed by atoms with Crippen LogP contribution in [0.25, 0.3) is 0 Å². The molecule has 0 aromatic heterocycles. The molecule has 15 heavy (non-hydrogen) atoms. The molecule has 0 spiro atoms. The zero-order valence-corrected chi connectivity index (χ0v) is 8.13. The molecule has 8 heteroatoms. The number of nitrogens with one attached hydrogen (secondary N) is 1. The van der Waals surface area contributed by atoms with Gasteiger partial charge in [0.2, 0.25) is 0 Å². The number of hydrogen-bond acceptors (Lipinski definition) is 2. The Hall–Kier alpha value is -0.500. The average molecular weight is 238 g/mol. The molecule has 0 saturated heterocycles. The van der Waals surface area contributed by atoms with Gasteiger partial charge in [0.1, 0.15) is 0 Å². The predicted octanol–water partition coefficient (Wildman–Crippen LogP) is 2.01. The molecule has 0 aliphatic carbocycles. The van der Waals surface area contributed by atoms with Crippen LogP contribution in [-0.4, -0.2) is 24.6 Å². The van der Waals surface area contributed by atoms with Crippen LogP contribution in [0.2, 0.25) is 0 Å². The summed E-state index contributed by atoms with van der Waals surface area (Å²) in [6, 6.07) is 0. The highest BCUT2D eigenvalue weighted by atomic mass is 19.4. The molecule has 0 saturated carbocycles. The van der Waals surface area contributed by atoms with E-state index in [0.29, 0.717) is 0 Å². The Balaban J connectivity index is 4.90. The van der Waals surface area contributed by atoms with E-state index in [1.165, 1.54) is 19.2 Å². The second kappa shape index (κ2) is 4.17. The third-order valence-electron chi connectivity index (χ3n) is 1.68. The fourth-order valence-corrected chi connectivity index (χ4v) is 0.726. The van der Waals surface area contributed by atoms with Crippen LogP contribution in [0.3, 0.4) is 0 Å². The maximum Gasteiger partial charge on any atom is 0.428 e. The van der Waals surface area contributed by atoms with Gasteiger partial charge in [0.05, 0.1) is 0 Å². The molecule has 0 rings (SSSR count). The summed E-state index contributed by atoms with van der Waals surface area (Å²) in [5.41, 5.74) is -0.00368. The van der Waals surface area contributed by atoms with Gasteiger partial charge >= 0.3 is 12.4 Å². The van der Waals surface area contributed by atoms with Crippen molar-refractivity contribution < 1.29 is 26.3 Å². The van der Waals surface area contributed by atoms with E-state index in [4.69, 9.17) is 0 Å². The summed E-state index contributed by atoms with van der Waals surface area (Å²) in [4.78, 5) is 0. The van der Waals surface area contributed by atoms with Crippen molar-refractivity contribution in [2.45, 2.75) is 31.9 Å². The Kier molecular flexibility index (Phi) is 4.03. The van der Waals surface area contributed by atoms with Crippen molar-refractivity contribution in [3.8, 4) is 0 Å². The van der Waals surface area contributed by atoms with E-state index >= 15 is 0 Å². The van der Waals surface area contributed by atoms with Crippen molar-refractivity contribution in [1.29, 1.82) is 0 Å². The highest BCUT2D eigenvalue weighted by molar-refractivity contribution is 4.96. The molecule has 0 aromatic rings. The fraction of sp³-hybridized carbons (Fsp3) is 1.00. The van der Waals surface area contributed by atoms with Gasteiger partial charge in [-0.25, -0.2) is 0 Å². The Morgan fingerprint density at radius 2 is 1.33 bits per heavy atom. The second-order valence-electron chi connectivity index (χ2n) is 3.58. The van der Waals surface area contributed by atoms with Crippen LogP contribution in [0.4, 0.5) is 26.3 Å². The smallest absolute Gasteiger partial charge is 0.298 e. The molecule has 0 unspecified atom stereocenters. The molecule has 92 valence electrons. The molecule has 0 atom stereocenters. The van der Waals surface area contributed by atoms with Crippen molar-refractivity contribution in [2.75, 3.05) is 6.54 Å². The molecule has 0 amide bonds. The molecular weight excluding hydrogens is 226 g/mol. The van der Waals surface area contributed by atoms with E-state index in [1.54, 1.807) is 0 Å². The van der Waals surface area contributed by atoms with Crippen LogP contribution in [-0.2, 0) is 0 Å². The summed E-state index contributed by atoms with van der Waals surface area (Å²) in [5, 5.41) is 1.30. The van der Waals surface area contributed by atoms with Crippen molar-refractivity contribution in [1.82, 2.24) is 5.32 Å². The number of hydrogen-bond donors (Lipinski definition) is 2. The highest BCUT2D eigenvalue weighted by Crippen LogP contribution is 2.39. The Morgan fingerprint density at radius 1 is 1.00 bits per heavy atom. The third-order valence-corrected chi connectivity index (χ3v) is 1.68. The molecule has 0 aliphatic heterocycles. The van der Waals surface area contributed by atoms with E-state index in [9.17, 15) is 26.3 Å². The molecule has 0 heterocycles. The molecule has 0 fully saturated rings. The lowest BCUT2D eigenvalue weighted by molar-refractivity contribution is -0.306. The minimum absolute atomic E-state index is 0.377. The topological polar surface area (TPSA) is 38.0 Å². The molecule has 3 N–H and O–H groups in total. The van der Waals surface area contributed by atoms with E-state index < -0.39 is 24.6 Å². The van der Waals surface area contributed by atoms with Crippen LogP contribution in [0, 0.1) is 5.92 Å². The number of rotatable bonds is 3. The monoisotopic (exact) mass is 238 g/mol. The van der Waals surface area contributed by atoms with Gasteiger partial charge in [0, 0.05) is 0 Å². The Labute approximate surface area is 82.8 Å². The van der Waals surface area contributed by atoms with Gasteiger partial charge in [0.25, 0.3) is 5.66 Å². The first-order valence-electron chi connectivity index (χ1n) is 4.09. The molecule has 0 aliphatic rings. The lowest BCUT2D eigenvalue weighted by atomic mass is 10.1. The molecule has 0 radical (unpaired) electrons. The van der Waals surface area contributed by atoms with E-state index in [-0.39, 0.29) is 5.92 Å². The maximum absolute atomic E-state index is 12.1. The standard InChI is InChI=1S/C7H12F6N2/c1-4(2)3-15-5(14,6(8,9)10)7(11,12)13/h4,15H,3,14H2,1-2H3. The highest BCUT2D eigenvalue weighted by Gasteiger charge is 2.68. The SMILES string of the molecule is CC(C)CNC(N)(C(F)(F)F)C(F)(F)F. The lowest BCUT2D eigenvalue weighted by Gasteiger charge is -2.34. The lowest BCUT2D eigenvalue weighted by Crippen LogP contribution is -2.72. The molecule has 2 nitrogen and oxygen atoms in total. The Morgan fingerprint density at radius 3 is 1.53 bits per heavy atom. The maximum atomic E-state index is 12.1. The van der Waals surface area contributed by atoms with E-state index in [0.717, 1.165) is 0 Å². The van der Waals surface area contributed by atoms with Gasteiger partial charge in [-0.15, -0.1) is 0 Å². The van der Waals surface area contributed by atoms with Crippen LogP contribution >= 0.6 is 0 Å². The summed E-state index contributed by atoms with van der Waals surface area (Å²) in [6.07, 6.45) is -11.2. The van der Waals surface area contributed by atoms with Crippen molar-refractivity contribution in [3.05, 3.63) is 0 Å². The first kappa shape index (κ1) is 14.5. The minimum atomic E-state index is -5.58. The minimum Gasteiger partial charge on any atom is -0.298 e. The van der Waals surface area contributed by atoms with E-state index in [2.05, 4.69) is 5.73 Å². The summed E-state index contributed by atoms with van der Waals surface area (Å²) in [5.74, 6) is -0.377. The molecule has 0 aromatic carbocycles. The first-order chi connectivity index (χ1) is 6.42. The van der Waals surface area contributed by atoms with Crippen molar-refractivity contribution in [3.63, 3.8) is 0 Å². The van der Waals surface area contributed by atoms with Gasteiger partial charge in [-0.1, -0.05) is 13.8 Å². The normalized spacial score (nSPS) is 14.8. The Bertz CT molecular complexity index is 193. The zero-order valence-electron chi connectivity index (χ0n) is 8.13. The molecule has 0 bridgehead atoms. The van der Waals surface area contributed by atoms with Gasteiger partial charge in [-0.05, 0) is 12.5 Å². The zero-order chi connectivity index (χ0) is 12.5. The van der Waals surface area contributed by atoms with Gasteiger partial charge in [0.15, 0.2) is 0 Å². The van der Waals surface area contributed by atoms with Crippen LogP contribution in [0.15, 0.2) is 0 Å². The summed E-state index contributed by atoms with van der Waals surface area (Å²) in [7, 11) is 0. The predicted molar refractivity (Wildman–Crippen MR) is 41.9 cm³/mol. The number of alkyl halides is 6. The van der Waals surface area contributed by atoms with Crippen molar-refractivity contribution >= 4 is 0 Å². The third kappa shape index (κ3) is 3.23. The fourth-order valence-electron chi connectivity index (χ4n) is 0.726. The molecular formula is C7H12F6N2. The van der Waals surface area contributed by atoms with E-state index in [1.807, 2.05) is 0 Å². The van der Waals surface area contributed by atoms with Crippen LogP contribution < -0.4 is 11.1 Å². The van der Waals surface area contributed by atoms with Crippen LogP contribution in [0.1, 0.15) is 13.8 Å². The largest absolute Gasteiger partial charge is 0.428 e. The second-order valence-corrected chi connectivity index (χ2v) is 3.58. The first-order valence-corrected chi connectivity index (χ1v) is 4.09. The van der Waals surface area contributed by atoms with Gasteiger partial charge in [-0.2, -0.15) is 26.3 Å². The summed E-state index contributed by atoms with van der Waals surface area (Å²) < 4.78 is 72.9.